The first-order chi connectivity index (χ1) is 9.34. The van der Waals surface area contributed by atoms with E-state index in [2.05, 4.69) is 10.2 Å². The third-order valence-electron chi connectivity index (χ3n) is 2.27. The molecule has 0 aromatic carbocycles. The first kappa shape index (κ1) is 18.7. The summed E-state index contributed by atoms with van der Waals surface area (Å²) in [6.07, 6.45) is -7.70. The predicted octanol–water partition coefficient (Wildman–Crippen LogP) is -4.39. The first-order valence-electron chi connectivity index (χ1n) is 5.86. The van der Waals surface area contributed by atoms with Crippen molar-refractivity contribution in [2.45, 2.75) is 31.3 Å². The molecule has 0 aliphatic rings. The maximum absolute atomic E-state index is 11.3. The monoisotopic (exact) mass is 296 g/mol. The van der Waals surface area contributed by atoms with Crippen LogP contribution >= 0.6 is 0 Å². The van der Waals surface area contributed by atoms with Crippen molar-refractivity contribution in [3.05, 3.63) is 0 Å². The standard InChI is InChI=1S/C10H20N2O8/c1-2-20-6(15)3-11-12-10(19)9(18)8(17)7(16)5(14)4-13/h5,7-9,11,13-14,16-18H,2-4H2,1H3,(H,12,19). The van der Waals surface area contributed by atoms with E-state index in [9.17, 15) is 24.9 Å². The minimum Gasteiger partial charge on any atom is -0.465 e. The number of aliphatic hydroxyl groups is 5. The summed E-state index contributed by atoms with van der Waals surface area (Å²) in [5.74, 6) is -1.77. The Labute approximate surface area is 115 Å². The second kappa shape index (κ2) is 9.58. The fourth-order valence-electron chi connectivity index (χ4n) is 1.17. The van der Waals surface area contributed by atoms with Gasteiger partial charge < -0.3 is 30.3 Å². The third-order valence-corrected chi connectivity index (χ3v) is 2.27. The van der Waals surface area contributed by atoms with Crippen LogP contribution in [0.15, 0.2) is 0 Å². The lowest BCUT2D eigenvalue weighted by molar-refractivity contribution is -0.150. The van der Waals surface area contributed by atoms with Gasteiger partial charge in [-0.05, 0) is 6.92 Å². The van der Waals surface area contributed by atoms with Crippen molar-refractivity contribution in [1.29, 1.82) is 0 Å². The van der Waals surface area contributed by atoms with Crippen LogP contribution in [-0.2, 0) is 14.3 Å². The lowest BCUT2D eigenvalue weighted by Crippen LogP contribution is -2.54. The second-order valence-electron chi connectivity index (χ2n) is 3.82. The van der Waals surface area contributed by atoms with Crippen LogP contribution in [0.25, 0.3) is 0 Å². The van der Waals surface area contributed by atoms with E-state index in [1.807, 2.05) is 5.43 Å². The molecule has 4 atom stereocenters. The van der Waals surface area contributed by atoms with Gasteiger partial charge in [-0.2, -0.15) is 0 Å². The Kier molecular flexibility index (Phi) is 8.96. The molecule has 0 rings (SSSR count). The van der Waals surface area contributed by atoms with Crippen molar-refractivity contribution in [2.75, 3.05) is 19.8 Å². The number of aliphatic hydroxyl groups excluding tert-OH is 5. The molecule has 0 saturated carbocycles. The summed E-state index contributed by atoms with van der Waals surface area (Å²) in [5, 5.41) is 45.7. The molecule has 1 amide bonds. The maximum atomic E-state index is 11.3. The lowest BCUT2D eigenvalue weighted by atomic mass is 10.0. The smallest absolute Gasteiger partial charge is 0.321 e. The Morgan fingerprint density at radius 3 is 2.25 bits per heavy atom. The van der Waals surface area contributed by atoms with Crippen molar-refractivity contribution in [2.24, 2.45) is 0 Å². The van der Waals surface area contributed by atoms with E-state index in [1.54, 1.807) is 6.92 Å². The Balaban J connectivity index is 4.17. The average molecular weight is 296 g/mol. The van der Waals surface area contributed by atoms with Gasteiger partial charge in [0.05, 0.1) is 13.2 Å². The van der Waals surface area contributed by atoms with Crippen molar-refractivity contribution in [1.82, 2.24) is 10.9 Å². The molecular formula is C10H20N2O8. The zero-order chi connectivity index (χ0) is 15.7. The number of amides is 1. The summed E-state index contributed by atoms with van der Waals surface area (Å²) in [4.78, 5) is 22.3. The molecule has 0 heterocycles. The summed E-state index contributed by atoms with van der Waals surface area (Å²) < 4.78 is 4.55. The minimum absolute atomic E-state index is 0.168. The van der Waals surface area contributed by atoms with Gasteiger partial charge in [-0.3, -0.25) is 15.0 Å². The highest BCUT2D eigenvalue weighted by atomic mass is 16.5. The van der Waals surface area contributed by atoms with Crippen LogP contribution in [0.4, 0.5) is 0 Å². The fourth-order valence-corrected chi connectivity index (χ4v) is 1.17. The Hall–Kier alpha value is -1.30. The van der Waals surface area contributed by atoms with Crippen LogP contribution in [0.3, 0.4) is 0 Å². The van der Waals surface area contributed by atoms with E-state index in [-0.39, 0.29) is 13.2 Å². The van der Waals surface area contributed by atoms with E-state index in [0.717, 1.165) is 0 Å². The van der Waals surface area contributed by atoms with E-state index in [1.165, 1.54) is 0 Å². The summed E-state index contributed by atoms with van der Waals surface area (Å²) in [5.41, 5.74) is 4.06. The topological polar surface area (TPSA) is 169 Å². The number of hydrogen-bond donors (Lipinski definition) is 7. The number of hydrogen-bond acceptors (Lipinski definition) is 9. The van der Waals surface area contributed by atoms with Crippen LogP contribution in [-0.4, -0.2) is 81.6 Å². The molecule has 118 valence electrons. The summed E-state index contributed by atoms with van der Waals surface area (Å²) >= 11 is 0. The molecule has 10 nitrogen and oxygen atoms in total. The van der Waals surface area contributed by atoms with Gasteiger partial charge in [-0.25, -0.2) is 5.43 Å². The molecule has 7 N–H and O–H groups in total. The molecule has 0 aliphatic carbocycles. The van der Waals surface area contributed by atoms with Gasteiger partial charge in [0.2, 0.25) is 0 Å². The van der Waals surface area contributed by atoms with Gasteiger partial charge in [0, 0.05) is 0 Å². The predicted molar refractivity (Wildman–Crippen MR) is 63.9 cm³/mol. The van der Waals surface area contributed by atoms with Crippen molar-refractivity contribution < 1.29 is 39.9 Å². The molecule has 0 saturated heterocycles. The molecule has 0 bridgehead atoms. The number of carbonyl (C=O) groups excluding carboxylic acids is 2. The highest BCUT2D eigenvalue weighted by Gasteiger charge is 2.34. The number of hydrazine groups is 1. The molecule has 4 unspecified atom stereocenters. The zero-order valence-electron chi connectivity index (χ0n) is 10.9. The molecule has 0 fully saturated rings. The van der Waals surface area contributed by atoms with E-state index >= 15 is 0 Å². The molecule has 0 aromatic rings. The van der Waals surface area contributed by atoms with Gasteiger partial charge in [0.15, 0.2) is 6.10 Å². The Morgan fingerprint density at radius 1 is 1.15 bits per heavy atom. The fraction of sp³-hybridized carbons (Fsp3) is 0.800. The first-order valence-corrected chi connectivity index (χ1v) is 5.86. The minimum atomic E-state index is -2.07. The van der Waals surface area contributed by atoms with Crippen LogP contribution in [0, 0.1) is 0 Å². The van der Waals surface area contributed by atoms with Gasteiger partial charge in [-0.1, -0.05) is 0 Å². The third kappa shape index (κ3) is 6.23. The molecule has 0 spiro atoms. The summed E-state index contributed by atoms with van der Waals surface area (Å²) in [7, 11) is 0. The van der Waals surface area contributed by atoms with Crippen LogP contribution in [0.2, 0.25) is 0 Å². The summed E-state index contributed by atoms with van der Waals surface area (Å²) in [6, 6.07) is 0. The highest BCUT2D eigenvalue weighted by molar-refractivity contribution is 5.81. The number of nitrogens with one attached hydrogen (secondary N) is 2. The lowest BCUT2D eigenvalue weighted by Gasteiger charge is -2.24. The number of carbonyl (C=O) groups is 2. The van der Waals surface area contributed by atoms with Crippen molar-refractivity contribution in [3.8, 4) is 0 Å². The molecule has 0 radical (unpaired) electrons. The molecule has 0 aromatic heterocycles. The van der Waals surface area contributed by atoms with Crippen LogP contribution in [0.1, 0.15) is 6.92 Å². The van der Waals surface area contributed by atoms with Crippen LogP contribution in [0.5, 0.6) is 0 Å². The number of esters is 1. The number of rotatable bonds is 9. The quantitative estimate of drug-likeness (QED) is 0.164. The largest absolute Gasteiger partial charge is 0.465 e. The second-order valence-corrected chi connectivity index (χ2v) is 3.82. The summed E-state index contributed by atoms with van der Waals surface area (Å²) in [6.45, 7) is 0.559. The molecule has 10 heteroatoms. The van der Waals surface area contributed by atoms with Crippen LogP contribution < -0.4 is 10.9 Å². The van der Waals surface area contributed by atoms with Gasteiger partial charge in [0.25, 0.3) is 5.91 Å². The van der Waals surface area contributed by atoms with Crippen molar-refractivity contribution >= 4 is 11.9 Å². The average Bonchev–Trinajstić information content (AvgIpc) is 2.44. The molecular weight excluding hydrogens is 276 g/mol. The van der Waals surface area contributed by atoms with Gasteiger partial charge >= 0.3 is 5.97 Å². The van der Waals surface area contributed by atoms with Gasteiger partial charge in [-0.15, -0.1) is 0 Å². The zero-order valence-corrected chi connectivity index (χ0v) is 10.9. The van der Waals surface area contributed by atoms with Gasteiger partial charge in [0.1, 0.15) is 24.9 Å². The van der Waals surface area contributed by atoms with E-state index in [4.69, 9.17) is 10.2 Å². The Morgan fingerprint density at radius 2 is 1.75 bits per heavy atom. The Bertz CT molecular complexity index is 314. The number of ether oxygens (including phenoxy) is 1. The normalized spacial score (nSPS) is 16.9. The van der Waals surface area contributed by atoms with E-state index < -0.39 is 42.9 Å². The molecule has 0 aliphatic heterocycles. The highest BCUT2D eigenvalue weighted by Crippen LogP contribution is 2.04. The van der Waals surface area contributed by atoms with Crippen molar-refractivity contribution in [3.63, 3.8) is 0 Å². The maximum Gasteiger partial charge on any atom is 0.321 e. The SMILES string of the molecule is CCOC(=O)CNNC(=O)C(O)C(O)C(O)C(O)CO. The molecule has 20 heavy (non-hydrogen) atoms. The van der Waals surface area contributed by atoms with E-state index in [0.29, 0.717) is 0 Å².